The summed E-state index contributed by atoms with van der Waals surface area (Å²) in [7, 11) is 0. The number of hydrogen-bond acceptors (Lipinski definition) is 4. The first-order chi connectivity index (χ1) is 11.3. The van der Waals surface area contributed by atoms with Crippen LogP contribution in [0.5, 0.6) is 0 Å². The van der Waals surface area contributed by atoms with Crippen molar-refractivity contribution in [2.75, 3.05) is 32.8 Å². The van der Waals surface area contributed by atoms with Crippen molar-refractivity contribution in [3.8, 4) is 5.69 Å². The maximum atomic E-state index is 11.8. The number of ether oxygens (including phenoxy) is 1. The van der Waals surface area contributed by atoms with Crippen LogP contribution < -0.4 is 5.56 Å². The van der Waals surface area contributed by atoms with Crippen molar-refractivity contribution in [3.05, 3.63) is 58.5 Å². The third-order valence-corrected chi connectivity index (χ3v) is 4.80. The molecule has 4 rings (SSSR count). The zero-order chi connectivity index (χ0) is 15.6. The number of morpholine rings is 1. The van der Waals surface area contributed by atoms with E-state index in [0.29, 0.717) is 5.92 Å². The van der Waals surface area contributed by atoms with Crippen molar-refractivity contribution in [1.82, 2.24) is 14.7 Å². The predicted molar refractivity (Wildman–Crippen MR) is 87.9 cm³/mol. The van der Waals surface area contributed by atoms with Gasteiger partial charge >= 0.3 is 0 Å². The van der Waals surface area contributed by atoms with Crippen LogP contribution in [-0.4, -0.2) is 47.5 Å². The van der Waals surface area contributed by atoms with Gasteiger partial charge in [-0.3, -0.25) is 9.69 Å². The maximum absolute atomic E-state index is 11.8. The molecule has 1 saturated carbocycles. The largest absolute Gasteiger partial charge is 0.379 e. The Labute approximate surface area is 135 Å². The zero-order valence-corrected chi connectivity index (χ0v) is 13.1. The molecule has 1 aliphatic carbocycles. The molecule has 2 aliphatic rings. The van der Waals surface area contributed by atoms with Gasteiger partial charge in [0.2, 0.25) is 0 Å². The Morgan fingerprint density at radius 1 is 1.13 bits per heavy atom. The molecular formula is C18H21N3O2. The summed E-state index contributed by atoms with van der Waals surface area (Å²) in [5.74, 6) is 1.42. The van der Waals surface area contributed by atoms with Crippen LogP contribution >= 0.6 is 0 Å². The van der Waals surface area contributed by atoms with Gasteiger partial charge in [0, 0.05) is 31.9 Å². The van der Waals surface area contributed by atoms with Gasteiger partial charge in [-0.05, 0) is 42.0 Å². The second-order valence-electron chi connectivity index (χ2n) is 6.38. The van der Waals surface area contributed by atoms with E-state index in [9.17, 15) is 4.79 Å². The van der Waals surface area contributed by atoms with E-state index >= 15 is 0 Å². The Morgan fingerprint density at radius 3 is 2.65 bits per heavy atom. The molecule has 2 fully saturated rings. The highest BCUT2D eigenvalue weighted by atomic mass is 16.5. The third-order valence-electron chi connectivity index (χ3n) is 4.80. The molecule has 2 atom stereocenters. The van der Waals surface area contributed by atoms with Gasteiger partial charge in [-0.1, -0.05) is 12.1 Å². The summed E-state index contributed by atoms with van der Waals surface area (Å²) in [6.07, 6.45) is 2.90. The minimum absolute atomic E-state index is 0.100. The number of nitrogens with zero attached hydrogens (tertiary/aromatic N) is 3. The van der Waals surface area contributed by atoms with Gasteiger partial charge in [-0.15, -0.1) is 0 Å². The molecule has 0 radical (unpaired) electrons. The van der Waals surface area contributed by atoms with Crippen LogP contribution in [0.1, 0.15) is 17.9 Å². The van der Waals surface area contributed by atoms with E-state index in [0.717, 1.165) is 37.9 Å². The minimum Gasteiger partial charge on any atom is -0.379 e. The van der Waals surface area contributed by atoms with Crippen LogP contribution in [0.4, 0.5) is 0 Å². The fourth-order valence-corrected chi connectivity index (χ4v) is 3.39. The van der Waals surface area contributed by atoms with E-state index in [1.165, 1.54) is 29.3 Å². The number of hydrogen-bond donors (Lipinski definition) is 0. The summed E-state index contributed by atoms with van der Waals surface area (Å²) in [5.41, 5.74) is 2.09. The SMILES string of the molecule is O=c1cccnn1-c1ccc([C@H]2C[C@@H]2CN2CCOCC2)cc1. The molecule has 2 heterocycles. The van der Waals surface area contributed by atoms with Crippen LogP contribution in [0, 0.1) is 5.92 Å². The third kappa shape index (κ3) is 3.21. The first kappa shape index (κ1) is 14.6. The summed E-state index contributed by atoms with van der Waals surface area (Å²) < 4.78 is 6.84. The highest BCUT2D eigenvalue weighted by Gasteiger charge is 2.39. The highest BCUT2D eigenvalue weighted by Crippen LogP contribution is 2.47. The molecule has 23 heavy (non-hydrogen) atoms. The zero-order valence-electron chi connectivity index (χ0n) is 13.1. The standard InChI is InChI=1S/C18H21N3O2/c22-18-2-1-7-19-21(18)16-5-3-14(4-6-16)17-12-15(17)13-20-8-10-23-11-9-20/h1-7,15,17H,8-13H2/t15-,17-/m1/s1. The Hall–Kier alpha value is -1.98. The van der Waals surface area contributed by atoms with Gasteiger partial charge < -0.3 is 4.74 Å². The van der Waals surface area contributed by atoms with E-state index < -0.39 is 0 Å². The lowest BCUT2D eigenvalue weighted by molar-refractivity contribution is 0.0355. The fraction of sp³-hybridized carbons (Fsp3) is 0.444. The lowest BCUT2D eigenvalue weighted by Crippen LogP contribution is -2.37. The van der Waals surface area contributed by atoms with Crippen LogP contribution in [0.25, 0.3) is 5.69 Å². The molecule has 0 spiro atoms. The van der Waals surface area contributed by atoms with Crippen molar-refractivity contribution < 1.29 is 4.74 Å². The van der Waals surface area contributed by atoms with Gasteiger partial charge in [-0.25, -0.2) is 0 Å². The Balaban J connectivity index is 1.41. The van der Waals surface area contributed by atoms with Gasteiger partial charge in [0.1, 0.15) is 0 Å². The van der Waals surface area contributed by atoms with Crippen molar-refractivity contribution in [2.24, 2.45) is 5.92 Å². The number of benzene rings is 1. The molecule has 5 heteroatoms. The summed E-state index contributed by atoms with van der Waals surface area (Å²) in [4.78, 5) is 14.3. The molecule has 5 nitrogen and oxygen atoms in total. The summed E-state index contributed by atoms with van der Waals surface area (Å²) in [5, 5.41) is 4.12. The minimum atomic E-state index is -0.100. The smallest absolute Gasteiger partial charge is 0.271 e. The summed E-state index contributed by atoms with van der Waals surface area (Å²) in [6.45, 7) is 5.03. The molecule has 120 valence electrons. The van der Waals surface area contributed by atoms with Crippen LogP contribution in [0.2, 0.25) is 0 Å². The molecule has 1 aromatic heterocycles. The number of aromatic nitrogens is 2. The first-order valence-electron chi connectivity index (χ1n) is 8.26. The van der Waals surface area contributed by atoms with E-state index in [1.807, 2.05) is 12.1 Å². The molecule has 0 amide bonds. The van der Waals surface area contributed by atoms with E-state index in [2.05, 4.69) is 22.1 Å². The van der Waals surface area contributed by atoms with E-state index in [-0.39, 0.29) is 5.56 Å². The van der Waals surface area contributed by atoms with Crippen LogP contribution in [0.15, 0.2) is 47.4 Å². The maximum Gasteiger partial charge on any atom is 0.271 e. The van der Waals surface area contributed by atoms with Crippen molar-refractivity contribution in [1.29, 1.82) is 0 Å². The molecule has 0 unspecified atom stereocenters. The monoisotopic (exact) mass is 311 g/mol. The predicted octanol–water partition coefficient (Wildman–Crippen LogP) is 1.67. The number of rotatable bonds is 4. The van der Waals surface area contributed by atoms with Crippen LogP contribution in [-0.2, 0) is 4.74 Å². The molecular weight excluding hydrogens is 290 g/mol. The summed E-state index contributed by atoms with van der Waals surface area (Å²) >= 11 is 0. The molecule has 0 N–H and O–H groups in total. The van der Waals surface area contributed by atoms with Crippen LogP contribution in [0.3, 0.4) is 0 Å². The Bertz CT molecular complexity index is 720. The average molecular weight is 311 g/mol. The fourth-order valence-electron chi connectivity index (χ4n) is 3.39. The summed E-state index contributed by atoms with van der Waals surface area (Å²) in [6, 6.07) is 11.5. The Kier molecular flexibility index (Phi) is 3.97. The highest BCUT2D eigenvalue weighted by molar-refractivity contribution is 5.37. The van der Waals surface area contributed by atoms with E-state index in [4.69, 9.17) is 4.74 Å². The lowest BCUT2D eigenvalue weighted by atomic mass is 10.1. The van der Waals surface area contributed by atoms with Gasteiger partial charge in [0.15, 0.2) is 0 Å². The lowest BCUT2D eigenvalue weighted by Gasteiger charge is -2.26. The van der Waals surface area contributed by atoms with Gasteiger partial charge in [0.25, 0.3) is 5.56 Å². The van der Waals surface area contributed by atoms with Crippen molar-refractivity contribution in [2.45, 2.75) is 12.3 Å². The Morgan fingerprint density at radius 2 is 1.91 bits per heavy atom. The second-order valence-corrected chi connectivity index (χ2v) is 6.38. The molecule has 0 bridgehead atoms. The first-order valence-corrected chi connectivity index (χ1v) is 8.26. The molecule has 2 aromatic rings. The molecule has 1 aromatic carbocycles. The van der Waals surface area contributed by atoms with Gasteiger partial charge in [-0.2, -0.15) is 9.78 Å². The second kappa shape index (κ2) is 6.26. The normalized spacial score (nSPS) is 24.5. The average Bonchev–Trinajstić information content (AvgIpc) is 3.36. The van der Waals surface area contributed by atoms with Crippen molar-refractivity contribution in [3.63, 3.8) is 0 Å². The van der Waals surface area contributed by atoms with E-state index in [1.54, 1.807) is 12.3 Å². The molecule has 1 aliphatic heterocycles. The van der Waals surface area contributed by atoms with Gasteiger partial charge in [0.05, 0.1) is 18.9 Å². The topological polar surface area (TPSA) is 47.4 Å². The quantitative estimate of drug-likeness (QED) is 0.862. The van der Waals surface area contributed by atoms with Crippen molar-refractivity contribution >= 4 is 0 Å². The molecule has 1 saturated heterocycles.